The van der Waals surface area contributed by atoms with Gasteiger partial charge in [-0.05, 0) is 18.6 Å². The molecule has 1 aliphatic rings. The van der Waals surface area contributed by atoms with Crippen molar-refractivity contribution in [2.75, 3.05) is 0 Å². The number of hydrogen-bond acceptors (Lipinski definition) is 2. The van der Waals surface area contributed by atoms with E-state index in [4.69, 9.17) is 10.5 Å². The Morgan fingerprint density at radius 1 is 1.12 bits per heavy atom. The van der Waals surface area contributed by atoms with E-state index in [1.165, 1.54) is 0 Å². The predicted molar refractivity (Wildman–Crippen MR) is 65.8 cm³/mol. The van der Waals surface area contributed by atoms with E-state index in [2.05, 4.69) is 32.9 Å². The van der Waals surface area contributed by atoms with Gasteiger partial charge in [0.15, 0.2) is 0 Å². The monoisotopic (exact) mass is 217 g/mol. The maximum Gasteiger partial charge on any atom is 0.146 e. The summed E-state index contributed by atoms with van der Waals surface area (Å²) in [6.45, 7) is 6.33. The molecule has 0 fully saturated rings. The fourth-order valence-corrected chi connectivity index (χ4v) is 2.25. The van der Waals surface area contributed by atoms with Gasteiger partial charge in [0.05, 0.1) is 12.3 Å². The molecule has 86 valence electrons. The van der Waals surface area contributed by atoms with Crippen molar-refractivity contribution in [1.29, 1.82) is 0 Å². The maximum absolute atomic E-state index is 6.35. The Labute approximate surface area is 97.1 Å². The molecule has 2 rings (SSSR count). The van der Waals surface area contributed by atoms with Gasteiger partial charge in [0, 0.05) is 5.41 Å². The molecule has 2 N–H and O–H groups in total. The second-order valence-electron chi connectivity index (χ2n) is 5.19. The molecule has 0 saturated carbocycles. The van der Waals surface area contributed by atoms with E-state index >= 15 is 0 Å². The molecule has 0 aliphatic carbocycles. The first-order valence-electron chi connectivity index (χ1n) is 5.63. The number of benzene rings is 1. The van der Waals surface area contributed by atoms with Crippen LogP contribution in [0.1, 0.15) is 26.3 Å². The molecule has 0 saturated heterocycles. The van der Waals surface area contributed by atoms with Gasteiger partial charge in [0.25, 0.3) is 0 Å². The highest BCUT2D eigenvalue weighted by Crippen LogP contribution is 2.41. The average Bonchev–Trinajstić information content (AvgIpc) is 2.27. The fraction of sp³-hybridized carbons (Fsp3) is 0.429. The lowest BCUT2D eigenvalue weighted by molar-refractivity contribution is -0.0348. The molecule has 0 amide bonds. The molecule has 1 aliphatic heterocycles. The summed E-state index contributed by atoms with van der Waals surface area (Å²) in [4.78, 5) is 0. The zero-order valence-electron chi connectivity index (χ0n) is 10.1. The standard InChI is InChI=1S/C14H19NO/c1-13(2)9-10-16-14(3,12(13)15)11-7-5-4-6-8-11/h4-10,12H,15H2,1-3H3. The Morgan fingerprint density at radius 3 is 2.38 bits per heavy atom. The van der Waals surface area contributed by atoms with Crippen LogP contribution >= 0.6 is 0 Å². The lowest BCUT2D eigenvalue weighted by atomic mass is 9.72. The van der Waals surface area contributed by atoms with Gasteiger partial charge in [0.2, 0.25) is 0 Å². The zero-order valence-corrected chi connectivity index (χ0v) is 10.1. The Kier molecular flexibility index (Phi) is 2.55. The van der Waals surface area contributed by atoms with Crippen molar-refractivity contribution in [3.63, 3.8) is 0 Å². The van der Waals surface area contributed by atoms with Crippen LogP contribution in [0.2, 0.25) is 0 Å². The van der Waals surface area contributed by atoms with E-state index in [1.54, 1.807) is 6.26 Å². The van der Waals surface area contributed by atoms with Crippen molar-refractivity contribution < 1.29 is 4.74 Å². The van der Waals surface area contributed by atoms with Crippen molar-refractivity contribution in [2.24, 2.45) is 11.1 Å². The Morgan fingerprint density at radius 2 is 1.75 bits per heavy atom. The van der Waals surface area contributed by atoms with Crippen LogP contribution in [0.4, 0.5) is 0 Å². The average molecular weight is 217 g/mol. The van der Waals surface area contributed by atoms with E-state index in [-0.39, 0.29) is 11.5 Å². The van der Waals surface area contributed by atoms with Crippen molar-refractivity contribution in [1.82, 2.24) is 0 Å². The SMILES string of the molecule is CC1(C)C=COC(C)(c2ccccc2)C1N. The van der Waals surface area contributed by atoms with E-state index in [1.807, 2.05) is 24.3 Å². The first-order valence-corrected chi connectivity index (χ1v) is 5.63. The van der Waals surface area contributed by atoms with Gasteiger partial charge in [-0.25, -0.2) is 0 Å². The minimum Gasteiger partial charge on any atom is -0.489 e. The fourth-order valence-electron chi connectivity index (χ4n) is 2.25. The van der Waals surface area contributed by atoms with E-state index in [0.29, 0.717) is 0 Å². The summed E-state index contributed by atoms with van der Waals surface area (Å²) in [5.41, 5.74) is 6.97. The van der Waals surface area contributed by atoms with E-state index in [0.717, 1.165) is 5.56 Å². The van der Waals surface area contributed by atoms with Gasteiger partial charge in [-0.2, -0.15) is 0 Å². The minimum atomic E-state index is -0.445. The van der Waals surface area contributed by atoms with Crippen LogP contribution in [0.5, 0.6) is 0 Å². The number of ether oxygens (including phenoxy) is 1. The smallest absolute Gasteiger partial charge is 0.146 e. The first kappa shape index (κ1) is 11.2. The molecule has 16 heavy (non-hydrogen) atoms. The van der Waals surface area contributed by atoms with Crippen molar-refractivity contribution >= 4 is 0 Å². The van der Waals surface area contributed by atoms with Crippen LogP contribution in [0.3, 0.4) is 0 Å². The minimum absolute atomic E-state index is 0.0527. The van der Waals surface area contributed by atoms with Crippen molar-refractivity contribution in [3.8, 4) is 0 Å². The van der Waals surface area contributed by atoms with Crippen LogP contribution in [-0.2, 0) is 10.3 Å². The van der Waals surface area contributed by atoms with Crippen molar-refractivity contribution in [2.45, 2.75) is 32.4 Å². The Hall–Kier alpha value is -1.28. The summed E-state index contributed by atoms with van der Waals surface area (Å²) in [5.74, 6) is 0. The van der Waals surface area contributed by atoms with E-state index < -0.39 is 5.60 Å². The molecule has 0 aromatic heterocycles. The second-order valence-corrected chi connectivity index (χ2v) is 5.19. The summed E-state index contributed by atoms with van der Waals surface area (Å²) in [7, 11) is 0. The lowest BCUT2D eigenvalue weighted by Gasteiger charge is -2.45. The van der Waals surface area contributed by atoms with Gasteiger partial charge >= 0.3 is 0 Å². The largest absolute Gasteiger partial charge is 0.489 e. The zero-order chi connectivity index (χ0) is 11.8. The highest BCUT2D eigenvalue weighted by Gasteiger charge is 2.45. The predicted octanol–water partition coefficient (Wildman–Crippen LogP) is 2.80. The van der Waals surface area contributed by atoms with Crippen LogP contribution < -0.4 is 5.73 Å². The quantitative estimate of drug-likeness (QED) is 0.785. The molecule has 2 heteroatoms. The number of rotatable bonds is 1. The van der Waals surface area contributed by atoms with Crippen LogP contribution in [-0.4, -0.2) is 6.04 Å². The molecule has 2 unspecified atom stereocenters. The molecular formula is C14H19NO. The Bertz CT molecular complexity index is 396. The van der Waals surface area contributed by atoms with Gasteiger partial charge in [-0.3, -0.25) is 0 Å². The molecule has 0 radical (unpaired) electrons. The topological polar surface area (TPSA) is 35.2 Å². The molecular weight excluding hydrogens is 198 g/mol. The molecule has 0 spiro atoms. The Balaban J connectivity index is 2.44. The van der Waals surface area contributed by atoms with Crippen LogP contribution in [0.25, 0.3) is 0 Å². The van der Waals surface area contributed by atoms with Gasteiger partial charge < -0.3 is 10.5 Å². The maximum atomic E-state index is 6.35. The summed E-state index contributed by atoms with van der Waals surface area (Å²) < 4.78 is 5.79. The third kappa shape index (κ3) is 1.63. The van der Waals surface area contributed by atoms with Crippen molar-refractivity contribution in [3.05, 3.63) is 48.2 Å². The van der Waals surface area contributed by atoms with Crippen LogP contribution in [0, 0.1) is 5.41 Å². The molecule has 1 aromatic rings. The third-order valence-electron chi connectivity index (χ3n) is 3.55. The lowest BCUT2D eigenvalue weighted by Crippen LogP contribution is -2.54. The molecule has 2 nitrogen and oxygen atoms in total. The van der Waals surface area contributed by atoms with Gasteiger partial charge in [0.1, 0.15) is 5.60 Å². The summed E-state index contributed by atoms with van der Waals surface area (Å²) >= 11 is 0. The molecule has 0 bridgehead atoms. The number of hydrogen-bond donors (Lipinski definition) is 1. The second kappa shape index (κ2) is 3.63. The highest BCUT2D eigenvalue weighted by atomic mass is 16.5. The molecule has 1 aromatic carbocycles. The summed E-state index contributed by atoms with van der Waals surface area (Å²) in [6, 6.07) is 10.1. The van der Waals surface area contributed by atoms with E-state index in [9.17, 15) is 0 Å². The highest BCUT2D eigenvalue weighted by molar-refractivity contribution is 5.27. The van der Waals surface area contributed by atoms with Gasteiger partial charge in [-0.15, -0.1) is 0 Å². The first-order chi connectivity index (χ1) is 7.47. The van der Waals surface area contributed by atoms with Crippen LogP contribution in [0.15, 0.2) is 42.7 Å². The molecule has 2 atom stereocenters. The van der Waals surface area contributed by atoms with Gasteiger partial charge in [-0.1, -0.05) is 44.2 Å². The molecule has 1 heterocycles. The summed E-state index contributed by atoms with van der Waals surface area (Å²) in [6.07, 6.45) is 3.80. The third-order valence-corrected chi connectivity index (χ3v) is 3.55. The normalized spacial score (nSPS) is 32.1. The summed E-state index contributed by atoms with van der Waals surface area (Å²) in [5, 5.41) is 0. The number of nitrogens with two attached hydrogens (primary N) is 1.